The van der Waals surface area contributed by atoms with Gasteiger partial charge in [-0.05, 0) is 38.1 Å². The minimum absolute atomic E-state index is 0.0681. The Kier molecular flexibility index (Phi) is 7.61. The van der Waals surface area contributed by atoms with E-state index in [1.165, 1.54) is 19.6 Å². The van der Waals surface area contributed by atoms with E-state index in [1.807, 2.05) is 9.80 Å². The van der Waals surface area contributed by atoms with Gasteiger partial charge < -0.3 is 25.2 Å². The Morgan fingerprint density at radius 3 is 2.59 bits per heavy atom. The van der Waals surface area contributed by atoms with E-state index in [2.05, 4.69) is 37.4 Å². The summed E-state index contributed by atoms with van der Waals surface area (Å²) in [7, 11) is 1.43. The maximum absolute atomic E-state index is 14.2. The molecule has 3 heterocycles. The van der Waals surface area contributed by atoms with Gasteiger partial charge in [-0.3, -0.25) is 9.69 Å². The molecule has 184 valence electrons. The first kappa shape index (κ1) is 23.9. The summed E-state index contributed by atoms with van der Waals surface area (Å²) in [5, 5.41) is 6.48. The molecule has 2 aromatic rings. The Bertz CT molecular complexity index is 999. The summed E-state index contributed by atoms with van der Waals surface area (Å²) in [6, 6.07) is 5.05. The Morgan fingerprint density at radius 1 is 1.15 bits per heavy atom. The van der Waals surface area contributed by atoms with Gasteiger partial charge in [0.15, 0.2) is 11.6 Å². The zero-order chi connectivity index (χ0) is 24.1. The predicted octanol–water partition coefficient (Wildman–Crippen LogP) is 2.33. The van der Waals surface area contributed by atoms with Crippen LogP contribution in [0.3, 0.4) is 0 Å². The molecule has 0 radical (unpaired) electrons. The normalized spacial score (nSPS) is 18.8. The largest absolute Gasteiger partial charge is 0.494 e. The molecule has 0 bridgehead atoms. The van der Waals surface area contributed by atoms with Gasteiger partial charge in [0.05, 0.1) is 7.11 Å². The number of carbonyl (C=O) groups is 1. The zero-order valence-corrected chi connectivity index (χ0v) is 20.1. The number of nitrogens with zero attached hydrogens (tertiary/aromatic N) is 6. The van der Waals surface area contributed by atoms with E-state index >= 15 is 0 Å². The lowest BCUT2D eigenvalue weighted by atomic mass is 10.2. The molecule has 34 heavy (non-hydrogen) atoms. The highest BCUT2D eigenvalue weighted by atomic mass is 19.1. The molecular formula is C23H33FN8O2. The molecule has 1 unspecified atom stereocenters. The van der Waals surface area contributed by atoms with E-state index in [-0.39, 0.29) is 11.7 Å². The monoisotopic (exact) mass is 472 g/mol. The standard InChI is InChI=1S/C23H33FN8O2/c1-4-30-9-5-6-18(30)15-25-21-27-22(26-17-7-8-20(34-3)19(24)14-17)29-23(28-21)32-12-10-31(11-13-32)16(2)33/h7-8,14,18H,4-6,9-13,15H2,1-3H3,(H2,25,26,27,28,29). The molecule has 2 N–H and O–H groups in total. The van der Waals surface area contributed by atoms with Crippen LogP contribution in [0, 0.1) is 5.82 Å². The SMILES string of the molecule is CCN1CCCC1CNc1nc(Nc2ccc(OC)c(F)c2)nc(N2CCN(C(C)=O)CC2)n1. The molecule has 0 aliphatic carbocycles. The van der Waals surface area contributed by atoms with Crippen molar-refractivity contribution in [2.24, 2.45) is 0 Å². The summed E-state index contributed by atoms with van der Waals surface area (Å²) >= 11 is 0. The number of nitrogens with one attached hydrogen (secondary N) is 2. The molecular weight excluding hydrogens is 439 g/mol. The number of likely N-dealkylation sites (N-methyl/N-ethyl adjacent to an activating group) is 1. The van der Waals surface area contributed by atoms with Gasteiger partial charge >= 0.3 is 0 Å². The van der Waals surface area contributed by atoms with Crippen molar-refractivity contribution in [1.82, 2.24) is 24.8 Å². The number of halogens is 1. The van der Waals surface area contributed by atoms with Crippen LogP contribution >= 0.6 is 0 Å². The quantitative estimate of drug-likeness (QED) is 0.600. The highest BCUT2D eigenvalue weighted by Gasteiger charge is 2.24. The lowest BCUT2D eigenvalue weighted by molar-refractivity contribution is -0.129. The minimum atomic E-state index is -0.471. The number of benzene rings is 1. The molecule has 2 fully saturated rings. The number of likely N-dealkylation sites (tertiary alicyclic amines) is 1. The number of methoxy groups -OCH3 is 1. The molecule has 1 aromatic carbocycles. The van der Waals surface area contributed by atoms with Crippen LogP contribution < -0.4 is 20.3 Å². The first-order valence-corrected chi connectivity index (χ1v) is 11.8. The molecule has 1 amide bonds. The Labute approximate surface area is 199 Å². The van der Waals surface area contributed by atoms with Crippen molar-refractivity contribution in [2.45, 2.75) is 32.7 Å². The number of ether oxygens (including phenoxy) is 1. The number of piperazine rings is 1. The second kappa shape index (κ2) is 10.8. The van der Waals surface area contributed by atoms with E-state index in [0.717, 1.165) is 26.1 Å². The molecule has 2 aliphatic rings. The third-order valence-corrected chi connectivity index (χ3v) is 6.44. The molecule has 10 nitrogen and oxygen atoms in total. The fraction of sp³-hybridized carbons (Fsp3) is 0.565. The summed E-state index contributed by atoms with van der Waals surface area (Å²) in [5.74, 6) is 1.09. The van der Waals surface area contributed by atoms with Gasteiger partial charge in [0.1, 0.15) is 0 Å². The van der Waals surface area contributed by atoms with Crippen LogP contribution in [0.25, 0.3) is 0 Å². The van der Waals surface area contributed by atoms with Crippen LogP contribution in [0.5, 0.6) is 5.75 Å². The smallest absolute Gasteiger partial charge is 0.233 e. The number of amides is 1. The van der Waals surface area contributed by atoms with Crippen molar-refractivity contribution in [3.8, 4) is 5.75 Å². The fourth-order valence-corrected chi connectivity index (χ4v) is 4.49. The van der Waals surface area contributed by atoms with Gasteiger partial charge in [-0.1, -0.05) is 6.92 Å². The summed E-state index contributed by atoms with van der Waals surface area (Å²) in [6.45, 7) is 9.12. The van der Waals surface area contributed by atoms with Crippen LogP contribution in [0.2, 0.25) is 0 Å². The van der Waals surface area contributed by atoms with Crippen LogP contribution in [0.4, 0.5) is 27.9 Å². The average molecular weight is 473 g/mol. The molecule has 1 atom stereocenters. The summed E-state index contributed by atoms with van der Waals surface area (Å²) in [6.07, 6.45) is 2.33. The van der Waals surface area contributed by atoms with E-state index < -0.39 is 5.82 Å². The number of anilines is 4. The van der Waals surface area contributed by atoms with Crippen molar-refractivity contribution in [1.29, 1.82) is 0 Å². The Balaban J connectivity index is 1.54. The van der Waals surface area contributed by atoms with E-state index in [1.54, 1.807) is 19.1 Å². The maximum Gasteiger partial charge on any atom is 0.233 e. The highest BCUT2D eigenvalue weighted by molar-refractivity contribution is 5.73. The number of rotatable bonds is 8. The second-order valence-electron chi connectivity index (χ2n) is 8.56. The number of carbonyl (C=O) groups excluding carboxylic acids is 1. The van der Waals surface area contributed by atoms with Crippen LogP contribution in [0.1, 0.15) is 26.7 Å². The van der Waals surface area contributed by atoms with Crippen LogP contribution in [-0.4, -0.2) is 89.6 Å². The Hall–Kier alpha value is -3.21. The van der Waals surface area contributed by atoms with Gasteiger partial charge in [0.2, 0.25) is 23.8 Å². The molecule has 0 saturated carbocycles. The highest BCUT2D eigenvalue weighted by Crippen LogP contribution is 2.24. The fourth-order valence-electron chi connectivity index (χ4n) is 4.49. The molecule has 1 aromatic heterocycles. The van der Waals surface area contributed by atoms with Gasteiger partial charge in [-0.2, -0.15) is 15.0 Å². The van der Waals surface area contributed by atoms with Gasteiger partial charge in [0.25, 0.3) is 0 Å². The molecule has 2 aliphatic heterocycles. The number of hydrogen-bond acceptors (Lipinski definition) is 9. The maximum atomic E-state index is 14.2. The molecule has 4 rings (SSSR count). The van der Waals surface area contributed by atoms with E-state index in [9.17, 15) is 9.18 Å². The van der Waals surface area contributed by atoms with Gasteiger partial charge in [-0.15, -0.1) is 0 Å². The first-order chi connectivity index (χ1) is 16.5. The molecule has 2 saturated heterocycles. The van der Waals surface area contributed by atoms with Crippen molar-refractivity contribution in [2.75, 3.05) is 68.5 Å². The van der Waals surface area contributed by atoms with Crippen molar-refractivity contribution in [3.63, 3.8) is 0 Å². The summed E-state index contributed by atoms with van der Waals surface area (Å²) < 4.78 is 19.2. The lowest BCUT2D eigenvalue weighted by Gasteiger charge is -2.34. The average Bonchev–Trinajstić information content (AvgIpc) is 3.30. The lowest BCUT2D eigenvalue weighted by Crippen LogP contribution is -2.48. The summed E-state index contributed by atoms with van der Waals surface area (Å²) in [5.41, 5.74) is 0.510. The van der Waals surface area contributed by atoms with Crippen LogP contribution in [-0.2, 0) is 4.79 Å². The van der Waals surface area contributed by atoms with E-state index in [4.69, 9.17) is 4.74 Å². The first-order valence-electron chi connectivity index (χ1n) is 11.8. The number of aromatic nitrogens is 3. The van der Waals surface area contributed by atoms with Crippen molar-refractivity contribution < 1.29 is 13.9 Å². The second-order valence-corrected chi connectivity index (χ2v) is 8.56. The topological polar surface area (TPSA) is 98.7 Å². The van der Waals surface area contributed by atoms with Gasteiger partial charge in [0, 0.05) is 57.4 Å². The summed E-state index contributed by atoms with van der Waals surface area (Å²) in [4.78, 5) is 31.8. The molecule has 11 heteroatoms. The van der Waals surface area contributed by atoms with Gasteiger partial charge in [-0.25, -0.2) is 4.39 Å². The van der Waals surface area contributed by atoms with Crippen LogP contribution in [0.15, 0.2) is 18.2 Å². The van der Waals surface area contributed by atoms with Crippen molar-refractivity contribution in [3.05, 3.63) is 24.0 Å². The zero-order valence-electron chi connectivity index (χ0n) is 20.1. The van der Waals surface area contributed by atoms with E-state index in [0.29, 0.717) is 55.8 Å². The minimum Gasteiger partial charge on any atom is -0.494 e. The number of hydrogen-bond donors (Lipinski definition) is 2. The predicted molar refractivity (Wildman–Crippen MR) is 129 cm³/mol. The third-order valence-electron chi connectivity index (χ3n) is 6.44. The van der Waals surface area contributed by atoms with Crippen molar-refractivity contribution >= 4 is 29.4 Å². The molecule has 0 spiro atoms. The third kappa shape index (κ3) is 5.64. The Morgan fingerprint density at radius 2 is 1.91 bits per heavy atom.